The number of aliphatic imine (C=N–C) groups is 1. The van der Waals surface area contributed by atoms with E-state index in [1.807, 2.05) is 0 Å². The SMILES string of the molecule is O=C1OC(c2cccc([N+](=O)[O-])c2)=NC1=Cc1cc2c(cc1Cl)OCO2. The lowest BCUT2D eigenvalue weighted by Gasteiger charge is -2.01. The summed E-state index contributed by atoms with van der Waals surface area (Å²) < 4.78 is 15.6. The van der Waals surface area contributed by atoms with Crippen LogP contribution in [0.1, 0.15) is 11.1 Å². The minimum Gasteiger partial charge on any atom is -0.454 e. The standard InChI is InChI=1S/C17H9ClN2O6/c18-12-7-15-14(24-8-25-15)6-10(12)5-13-17(21)26-16(19-13)9-2-1-3-11(4-9)20(22)23/h1-7H,8H2. The third-order valence-corrected chi connectivity index (χ3v) is 4.04. The molecule has 2 heterocycles. The Morgan fingerprint density at radius 1 is 1.19 bits per heavy atom. The highest BCUT2D eigenvalue weighted by Gasteiger charge is 2.26. The summed E-state index contributed by atoms with van der Waals surface area (Å²) in [6.07, 6.45) is 1.46. The number of benzene rings is 2. The van der Waals surface area contributed by atoms with Gasteiger partial charge in [0.25, 0.3) is 5.69 Å². The smallest absolute Gasteiger partial charge is 0.363 e. The summed E-state index contributed by atoms with van der Waals surface area (Å²) in [6, 6.07) is 8.88. The van der Waals surface area contributed by atoms with E-state index in [9.17, 15) is 14.9 Å². The predicted molar refractivity (Wildman–Crippen MR) is 91.3 cm³/mol. The van der Waals surface area contributed by atoms with Gasteiger partial charge in [0, 0.05) is 23.8 Å². The lowest BCUT2D eigenvalue weighted by molar-refractivity contribution is -0.384. The highest BCUT2D eigenvalue weighted by Crippen LogP contribution is 2.38. The Hall–Kier alpha value is -3.39. The van der Waals surface area contributed by atoms with Gasteiger partial charge in [0.15, 0.2) is 17.2 Å². The fourth-order valence-electron chi connectivity index (χ4n) is 2.48. The lowest BCUT2D eigenvalue weighted by atomic mass is 10.1. The highest BCUT2D eigenvalue weighted by molar-refractivity contribution is 6.32. The van der Waals surface area contributed by atoms with Gasteiger partial charge in [0.2, 0.25) is 12.7 Å². The first kappa shape index (κ1) is 16.1. The Labute approximate surface area is 151 Å². The van der Waals surface area contributed by atoms with Gasteiger partial charge in [0.05, 0.1) is 9.95 Å². The number of hydrogen-bond acceptors (Lipinski definition) is 7. The quantitative estimate of drug-likeness (QED) is 0.354. The van der Waals surface area contributed by atoms with Crippen molar-refractivity contribution in [3.8, 4) is 11.5 Å². The van der Waals surface area contributed by atoms with Crippen molar-refractivity contribution in [2.24, 2.45) is 4.99 Å². The Balaban J connectivity index is 1.70. The van der Waals surface area contributed by atoms with E-state index < -0.39 is 10.9 Å². The number of nitro groups is 1. The zero-order chi connectivity index (χ0) is 18.3. The first-order valence-electron chi connectivity index (χ1n) is 7.38. The van der Waals surface area contributed by atoms with Crippen LogP contribution in [0, 0.1) is 10.1 Å². The van der Waals surface area contributed by atoms with Crippen molar-refractivity contribution in [1.82, 2.24) is 0 Å². The number of hydrogen-bond donors (Lipinski definition) is 0. The van der Waals surface area contributed by atoms with Crippen LogP contribution in [0.4, 0.5) is 5.69 Å². The van der Waals surface area contributed by atoms with Gasteiger partial charge in [-0.15, -0.1) is 0 Å². The number of non-ortho nitro benzene ring substituents is 1. The maximum absolute atomic E-state index is 12.1. The lowest BCUT2D eigenvalue weighted by Crippen LogP contribution is -2.05. The summed E-state index contributed by atoms with van der Waals surface area (Å²) in [5, 5.41) is 11.2. The van der Waals surface area contributed by atoms with Crippen molar-refractivity contribution >= 4 is 35.2 Å². The van der Waals surface area contributed by atoms with Crippen molar-refractivity contribution in [2.75, 3.05) is 6.79 Å². The van der Waals surface area contributed by atoms with Gasteiger partial charge in [-0.2, -0.15) is 0 Å². The van der Waals surface area contributed by atoms with Crippen LogP contribution in [0.5, 0.6) is 11.5 Å². The monoisotopic (exact) mass is 372 g/mol. The molecule has 0 saturated carbocycles. The number of carbonyl (C=O) groups excluding carboxylic acids is 1. The normalized spacial score (nSPS) is 16.6. The highest BCUT2D eigenvalue weighted by atomic mass is 35.5. The van der Waals surface area contributed by atoms with E-state index >= 15 is 0 Å². The number of cyclic esters (lactones) is 1. The minimum atomic E-state index is -0.680. The molecule has 0 aromatic heterocycles. The van der Waals surface area contributed by atoms with Gasteiger partial charge >= 0.3 is 5.97 Å². The molecule has 8 nitrogen and oxygen atoms in total. The van der Waals surface area contributed by atoms with Crippen molar-refractivity contribution in [3.05, 3.63) is 68.4 Å². The molecule has 0 N–H and O–H groups in total. The molecule has 2 aliphatic heterocycles. The molecule has 0 amide bonds. The molecule has 0 spiro atoms. The molecule has 2 aromatic carbocycles. The Morgan fingerprint density at radius 2 is 1.96 bits per heavy atom. The second kappa shape index (κ2) is 6.16. The van der Waals surface area contributed by atoms with Crippen LogP contribution in [0.3, 0.4) is 0 Å². The number of halogens is 1. The number of fused-ring (bicyclic) bond motifs is 1. The summed E-state index contributed by atoms with van der Waals surface area (Å²) in [4.78, 5) is 26.6. The van der Waals surface area contributed by atoms with E-state index in [0.29, 0.717) is 27.6 Å². The average Bonchev–Trinajstić information content (AvgIpc) is 3.22. The number of nitrogens with zero attached hydrogens (tertiary/aromatic N) is 2. The van der Waals surface area contributed by atoms with Crippen molar-refractivity contribution < 1.29 is 23.9 Å². The van der Waals surface area contributed by atoms with Gasteiger partial charge in [0.1, 0.15) is 0 Å². The van der Waals surface area contributed by atoms with E-state index in [-0.39, 0.29) is 24.1 Å². The van der Waals surface area contributed by atoms with Crippen molar-refractivity contribution in [1.29, 1.82) is 0 Å². The number of rotatable bonds is 3. The zero-order valence-corrected chi connectivity index (χ0v) is 13.7. The fraction of sp³-hybridized carbons (Fsp3) is 0.0588. The molecule has 2 aromatic rings. The van der Waals surface area contributed by atoms with Gasteiger partial charge in [-0.05, 0) is 23.8 Å². The third kappa shape index (κ3) is 2.86. The third-order valence-electron chi connectivity index (χ3n) is 3.71. The average molecular weight is 373 g/mol. The second-order valence-electron chi connectivity index (χ2n) is 5.37. The van der Waals surface area contributed by atoms with E-state index in [1.165, 1.54) is 24.3 Å². The van der Waals surface area contributed by atoms with E-state index in [1.54, 1.807) is 18.2 Å². The Bertz CT molecular complexity index is 1010. The van der Waals surface area contributed by atoms with Crippen LogP contribution in [0.15, 0.2) is 47.1 Å². The second-order valence-corrected chi connectivity index (χ2v) is 5.78. The fourth-order valence-corrected chi connectivity index (χ4v) is 2.68. The molecule has 0 fully saturated rings. The molecule has 0 aliphatic carbocycles. The van der Waals surface area contributed by atoms with Gasteiger partial charge in [-0.1, -0.05) is 17.7 Å². The number of esters is 1. The van der Waals surface area contributed by atoms with Crippen molar-refractivity contribution in [3.63, 3.8) is 0 Å². The minimum absolute atomic E-state index is 0.0122. The van der Waals surface area contributed by atoms with E-state index in [2.05, 4.69) is 4.99 Å². The first-order chi connectivity index (χ1) is 12.5. The Kier molecular flexibility index (Phi) is 3.81. The van der Waals surface area contributed by atoms with Gasteiger partial charge in [-0.3, -0.25) is 10.1 Å². The number of carbonyl (C=O) groups is 1. The molecule has 2 aliphatic rings. The van der Waals surface area contributed by atoms with Crippen LogP contribution in [0.2, 0.25) is 5.02 Å². The molecule has 4 rings (SSSR count). The van der Waals surface area contributed by atoms with Crippen LogP contribution in [0.25, 0.3) is 6.08 Å². The summed E-state index contributed by atoms with van der Waals surface area (Å²) in [6.45, 7) is 0.100. The summed E-state index contributed by atoms with van der Waals surface area (Å²) >= 11 is 6.19. The summed E-state index contributed by atoms with van der Waals surface area (Å²) in [5.74, 6) is 0.337. The molecule has 0 radical (unpaired) electrons. The molecule has 26 heavy (non-hydrogen) atoms. The molecule has 0 unspecified atom stereocenters. The van der Waals surface area contributed by atoms with Crippen LogP contribution < -0.4 is 9.47 Å². The Morgan fingerprint density at radius 3 is 2.73 bits per heavy atom. The van der Waals surface area contributed by atoms with E-state index in [0.717, 1.165) is 0 Å². The summed E-state index contributed by atoms with van der Waals surface area (Å²) in [5.41, 5.74) is 0.726. The van der Waals surface area contributed by atoms with Crippen LogP contribution >= 0.6 is 11.6 Å². The number of nitro benzene ring substituents is 1. The topological polar surface area (TPSA) is 100 Å². The molecular weight excluding hydrogens is 364 g/mol. The van der Waals surface area contributed by atoms with Crippen LogP contribution in [-0.4, -0.2) is 23.6 Å². The van der Waals surface area contributed by atoms with Crippen molar-refractivity contribution in [2.45, 2.75) is 0 Å². The largest absolute Gasteiger partial charge is 0.454 e. The zero-order valence-electron chi connectivity index (χ0n) is 13.0. The molecule has 0 atom stereocenters. The van der Waals surface area contributed by atoms with E-state index in [4.69, 9.17) is 25.8 Å². The molecular formula is C17H9ClN2O6. The summed E-state index contributed by atoms with van der Waals surface area (Å²) in [7, 11) is 0. The molecule has 0 saturated heterocycles. The molecule has 130 valence electrons. The van der Waals surface area contributed by atoms with Gasteiger partial charge in [-0.25, -0.2) is 9.79 Å². The maximum atomic E-state index is 12.1. The van der Waals surface area contributed by atoms with Gasteiger partial charge < -0.3 is 14.2 Å². The first-order valence-corrected chi connectivity index (χ1v) is 7.75. The van der Waals surface area contributed by atoms with Crippen LogP contribution in [-0.2, 0) is 9.53 Å². The number of ether oxygens (including phenoxy) is 3. The maximum Gasteiger partial charge on any atom is 0.363 e. The molecule has 0 bridgehead atoms. The predicted octanol–water partition coefficient (Wildman–Crippen LogP) is 3.32. The molecule has 9 heteroatoms.